The predicted molar refractivity (Wildman–Crippen MR) is 66.7 cm³/mol. The molecule has 1 aromatic rings. The van der Waals surface area contributed by atoms with E-state index in [0.717, 1.165) is 24.4 Å². The molecule has 1 atom stereocenters. The lowest BCUT2D eigenvalue weighted by molar-refractivity contribution is 0.421. The molecule has 0 bridgehead atoms. The number of nitrogens with zero attached hydrogens (tertiary/aromatic N) is 2. The van der Waals surface area contributed by atoms with Crippen LogP contribution in [0.25, 0.3) is 0 Å². The van der Waals surface area contributed by atoms with Crippen LogP contribution in [-0.2, 0) is 6.42 Å². The van der Waals surface area contributed by atoms with Crippen LogP contribution in [0.2, 0.25) is 0 Å². The third kappa shape index (κ3) is 2.40. The number of nitrogens with one attached hydrogen (secondary N) is 1. The minimum Gasteiger partial charge on any atom is -0.367 e. The number of aliphatic imine (C=N–C) groups is 1. The molecule has 0 fully saturated rings. The van der Waals surface area contributed by atoms with Crippen LogP contribution >= 0.6 is 0 Å². The number of hydrogen-bond acceptors (Lipinski definition) is 3. The number of aromatic nitrogens is 1. The van der Waals surface area contributed by atoms with Crippen LogP contribution in [0.5, 0.6) is 0 Å². The smallest absolute Gasteiger partial charge is 0.0976 e. The summed E-state index contributed by atoms with van der Waals surface area (Å²) in [5, 5.41) is 3.47. The van der Waals surface area contributed by atoms with Crippen LogP contribution in [0.1, 0.15) is 32.9 Å². The average Bonchev–Trinajstić information content (AvgIpc) is 2.52. The Hall–Kier alpha value is -1.38. The molecule has 0 aromatic carbocycles. The second kappa shape index (κ2) is 4.24. The van der Waals surface area contributed by atoms with Gasteiger partial charge in [-0.1, -0.05) is 6.07 Å². The Morgan fingerprint density at radius 1 is 1.31 bits per heavy atom. The lowest BCUT2D eigenvalue weighted by Gasteiger charge is -2.23. The molecule has 16 heavy (non-hydrogen) atoms. The molecule has 3 heteroatoms. The van der Waals surface area contributed by atoms with Gasteiger partial charge in [-0.05, 0) is 39.3 Å². The maximum Gasteiger partial charge on any atom is 0.0976 e. The van der Waals surface area contributed by atoms with Crippen molar-refractivity contribution in [2.75, 3.05) is 0 Å². The molecule has 0 unspecified atom stereocenters. The van der Waals surface area contributed by atoms with Gasteiger partial charge in [0.15, 0.2) is 0 Å². The monoisotopic (exact) mass is 217 g/mol. The third-order valence-electron chi connectivity index (χ3n) is 3.20. The Bertz CT molecular complexity index is 381. The van der Waals surface area contributed by atoms with Crippen molar-refractivity contribution >= 4 is 5.84 Å². The van der Waals surface area contributed by atoms with E-state index in [1.165, 1.54) is 0 Å². The van der Waals surface area contributed by atoms with Gasteiger partial charge >= 0.3 is 0 Å². The predicted octanol–water partition coefficient (Wildman–Crippen LogP) is 2.18. The van der Waals surface area contributed by atoms with Crippen molar-refractivity contribution in [1.82, 2.24) is 10.3 Å². The summed E-state index contributed by atoms with van der Waals surface area (Å²) in [5.41, 5.74) is 1.23. The van der Waals surface area contributed by atoms with E-state index >= 15 is 0 Å². The van der Waals surface area contributed by atoms with Crippen molar-refractivity contribution in [2.24, 2.45) is 4.99 Å². The Balaban J connectivity index is 1.91. The molecule has 1 aromatic heterocycles. The molecule has 0 aliphatic carbocycles. The molecule has 1 N–H and O–H groups in total. The summed E-state index contributed by atoms with van der Waals surface area (Å²) in [7, 11) is 0. The van der Waals surface area contributed by atoms with Gasteiger partial charge in [-0.25, -0.2) is 0 Å². The molecule has 86 valence electrons. The largest absolute Gasteiger partial charge is 0.367 e. The zero-order chi connectivity index (χ0) is 11.6. The van der Waals surface area contributed by atoms with Gasteiger partial charge in [-0.2, -0.15) is 0 Å². The van der Waals surface area contributed by atoms with Crippen LogP contribution in [0.3, 0.4) is 0 Å². The third-order valence-corrected chi connectivity index (χ3v) is 3.20. The molecule has 2 rings (SSSR count). The van der Waals surface area contributed by atoms with Gasteiger partial charge < -0.3 is 5.32 Å². The quantitative estimate of drug-likeness (QED) is 0.842. The Kier molecular flexibility index (Phi) is 2.95. The van der Waals surface area contributed by atoms with Gasteiger partial charge in [-0.15, -0.1) is 0 Å². The number of hydrogen-bond donors (Lipinski definition) is 1. The topological polar surface area (TPSA) is 37.3 Å². The zero-order valence-corrected chi connectivity index (χ0v) is 10.2. The fourth-order valence-corrected chi connectivity index (χ4v) is 1.82. The fraction of sp³-hybridized carbons (Fsp3) is 0.538. The number of amidine groups is 1. The summed E-state index contributed by atoms with van der Waals surface area (Å²) in [6.07, 6.45) is 3.74. The van der Waals surface area contributed by atoms with Crippen LogP contribution in [0.15, 0.2) is 29.4 Å². The lowest BCUT2D eigenvalue weighted by Crippen LogP contribution is -2.43. The van der Waals surface area contributed by atoms with Crippen LogP contribution < -0.4 is 5.32 Å². The molecule has 0 saturated carbocycles. The van der Waals surface area contributed by atoms with E-state index in [0.29, 0.717) is 6.04 Å². The molecule has 0 spiro atoms. The summed E-state index contributed by atoms with van der Waals surface area (Å²) in [4.78, 5) is 8.95. The first kappa shape index (κ1) is 11.1. The molecule has 1 aliphatic rings. The van der Waals surface area contributed by atoms with E-state index in [4.69, 9.17) is 0 Å². The van der Waals surface area contributed by atoms with E-state index in [-0.39, 0.29) is 5.54 Å². The normalized spacial score (nSPS) is 22.7. The van der Waals surface area contributed by atoms with E-state index in [1.807, 2.05) is 18.3 Å². The highest BCUT2D eigenvalue weighted by Gasteiger charge is 2.31. The average molecular weight is 217 g/mol. The first-order valence-electron chi connectivity index (χ1n) is 5.83. The first-order chi connectivity index (χ1) is 7.58. The van der Waals surface area contributed by atoms with Crippen LogP contribution in [-0.4, -0.2) is 22.4 Å². The number of aryl methyl sites for hydroxylation is 1. The van der Waals surface area contributed by atoms with Crippen molar-refractivity contribution in [1.29, 1.82) is 0 Å². The maximum atomic E-state index is 4.63. The standard InChI is InChI=1S/C13H19N3/c1-10-13(2,3)16-12(15-10)8-7-11-6-4-5-9-14-11/h4-6,9-10H,7-8H2,1-3H3,(H,15,16)/t10-/m1/s1. The molecule has 0 amide bonds. The highest BCUT2D eigenvalue weighted by molar-refractivity contribution is 5.85. The highest BCUT2D eigenvalue weighted by atomic mass is 15.2. The second-order valence-corrected chi connectivity index (χ2v) is 4.92. The van der Waals surface area contributed by atoms with Gasteiger partial charge in [0.2, 0.25) is 0 Å². The van der Waals surface area contributed by atoms with Crippen molar-refractivity contribution in [2.45, 2.75) is 45.2 Å². The summed E-state index contributed by atoms with van der Waals surface area (Å²) in [6.45, 7) is 6.53. The molecule has 1 aliphatic heterocycles. The molecule has 2 heterocycles. The Morgan fingerprint density at radius 2 is 2.12 bits per heavy atom. The van der Waals surface area contributed by atoms with E-state index in [9.17, 15) is 0 Å². The van der Waals surface area contributed by atoms with E-state index in [1.54, 1.807) is 0 Å². The fourth-order valence-electron chi connectivity index (χ4n) is 1.82. The summed E-state index contributed by atoms with van der Waals surface area (Å²) in [6, 6.07) is 6.38. The van der Waals surface area contributed by atoms with Gasteiger partial charge in [-0.3, -0.25) is 9.98 Å². The van der Waals surface area contributed by atoms with E-state index in [2.05, 4.69) is 42.1 Å². The lowest BCUT2D eigenvalue weighted by atomic mass is 9.98. The van der Waals surface area contributed by atoms with Gasteiger partial charge in [0.1, 0.15) is 0 Å². The molecular weight excluding hydrogens is 198 g/mol. The van der Waals surface area contributed by atoms with Crippen LogP contribution in [0, 0.1) is 0 Å². The second-order valence-electron chi connectivity index (χ2n) is 4.92. The summed E-state index contributed by atoms with van der Waals surface area (Å²) >= 11 is 0. The minimum atomic E-state index is 0.0967. The summed E-state index contributed by atoms with van der Waals surface area (Å²) in [5.74, 6) is 1.11. The van der Waals surface area contributed by atoms with Crippen molar-refractivity contribution in [3.63, 3.8) is 0 Å². The Labute approximate surface area is 97.0 Å². The minimum absolute atomic E-state index is 0.0967. The molecular formula is C13H19N3. The number of pyridine rings is 1. The summed E-state index contributed by atoms with van der Waals surface area (Å²) < 4.78 is 0. The van der Waals surface area contributed by atoms with Crippen molar-refractivity contribution < 1.29 is 0 Å². The van der Waals surface area contributed by atoms with Gasteiger partial charge in [0, 0.05) is 18.3 Å². The van der Waals surface area contributed by atoms with Crippen molar-refractivity contribution in [3.05, 3.63) is 30.1 Å². The Morgan fingerprint density at radius 3 is 2.69 bits per heavy atom. The van der Waals surface area contributed by atoms with Gasteiger partial charge in [0.05, 0.1) is 17.4 Å². The maximum absolute atomic E-state index is 4.63. The first-order valence-corrected chi connectivity index (χ1v) is 5.83. The van der Waals surface area contributed by atoms with Gasteiger partial charge in [0.25, 0.3) is 0 Å². The molecule has 0 radical (unpaired) electrons. The van der Waals surface area contributed by atoms with E-state index < -0.39 is 0 Å². The molecule has 3 nitrogen and oxygen atoms in total. The van der Waals surface area contributed by atoms with Crippen molar-refractivity contribution in [3.8, 4) is 0 Å². The SMILES string of the molecule is C[C@H]1N=C(CCc2ccccn2)NC1(C)C. The highest BCUT2D eigenvalue weighted by Crippen LogP contribution is 2.19. The number of rotatable bonds is 3. The zero-order valence-electron chi connectivity index (χ0n) is 10.2. The van der Waals surface area contributed by atoms with Crippen LogP contribution in [0.4, 0.5) is 0 Å². The molecule has 0 saturated heterocycles.